The molecule has 2 aliphatic heterocycles. The zero-order chi connectivity index (χ0) is 19.5. The van der Waals surface area contributed by atoms with Gasteiger partial charge in [0.1, 0.15) is 19.8 Å². The number of phosphoric ester groups is 2. The highest BCUT2D eigenvalue weighted by molar-refractivity contribution is 7.61. The van der Waals surface area contributed by atoms with Gasteiger partial charge in [-0.15, -0.1) is 0 Å². The van der Waals surface area contributed by atoms with Gasteiger partial charge in [-0.1, -0.05) is 0 Å². The van der Waals surface area contributed by atoms with Crippen LogP contribution < -0.4 is 5.56 Å². The van der Waals surface area contributed by atoms with Crippen molar-refractivity contribution in [3.8, 4) is 0 Å². The Balaban J connectivity index is 1.79. The number of nitrogens with zero attached hydrogens (tertiary/aromatic N) is 4. The Morgan fingerprint density at radius 2 is 1.44 bits per heavy atom. The van der Waals surface area contributed by atoms with Gasteiger partial charge in [0, 0.05) is 0 Å². The summed E-state index contributed by atoms with van der Waals surface area (Å²) in [7, 11) is -9.70. The van der Waals surface area contributed by atoms with E-state index < -0.39 is 34.4 Å². The van der Waals surface area contributed by atoms with E-state index in [9.17, 15) is 23.7 Å². The Morgan fingerprint density at radius 1 is 0.889 bits per heavy atom. The molecule has 0 saturated heterocycles. The molecule has 4 rings (SSSR count). The SMILES string of the molecule is O=c1c2ncn3c2ncn1COCCOP(=O)(O)OP(=O)(O)OCCOC3. The van der Waals surface area contributed by atoms with Crippen LogP contribution in [-0.2, 0) is 45.4 Å². The number of phosphoric acid groups is 2. The van der Waals surface area contributed by atoms with E-state index in [1.807, 2.05) is 0 Å². The summed E-state index contributed by atoms with van der Waals surface area (Å²) in [6.45, 7) is -1.51. The quantitative estimate of drug-likeness (QED) is 0.532. The maximum absolute atomic E-state index is 12.3. The van der Waals surface area contributed by atoms with Crippen LogP contribution in [0.25, 0.3) is 11.2 Å². The van der Waals surface area contributed by atoms with Crippen molar-refractivity contribution < 1.29 is 41.7 Å². The summed E-state index contributed by atoms with van der Waals surface area (Å²) in [5.74, 6) is 0. The highest BCUT2D eigenvalue weighted by Crippen LogP contribution is 2.60. The molecule has 2 aromatic rings. The first-order valence-electron chi connectivity index (χ1n) is 7.49. The van der Waals surface area contributed by atoms with Crippen molar-refractivity contribution in [1.29, 1.82) is 0 Å². The molecule has 16 heteroatoms. The zero-order valence-electron chi connectivity index (χ0n) is 13.7. The minimum Gasteiger partial charge on any atom is -0.358 e. The average molecular weight is 426 g/mol. The highest BCUT2D eigenvalue weighted by Gasteiger charge is 2.35. The van der Waals surface area contributed by atoms with Crippen molar-refractivity contribution in [1.82, 2.24) is 19.1 Å². The van der Waals surface area contributed by atoms with Crippen molar-refractivity contribution in [2.45, 2.75) is 13.5 Å². The highest BCUT2D eigenvalue weighted by atomic mass is 31.3. The van der Waals surface area contributed by atoms with Crippen molar-refractivity contribution >= 4 is 26.8 Å². The second-order valence-corrected chi connectivity index (χ2v) is 8.21. The van der Waals surface area contributed by atoms with Crippen molar-refractivity contribution in [3.05, 3.63) is 23.0 Å². The van der Waals surface area contributed by atoms with Gasteiger partial charge in [-0.05, 0) is 0 Å². The molecule has 0 aromatic carbocycles. The Kier molecular flexibility index (Phi) is 6.21. The molecule has 150 valence electrons. The minimum atomic E-state index is -4.86. The van der Waals surface area contributed by atoms with Gasteiger partial charge in [0.25, 0.3) is 5.56 Å². The molecule has 4 bridgehead atoms. The molecule has 2 unspecified atom stereocenters. The molecule has 0 amide bonds. The predicted molar refractivity (Wildman–Crippen MR) is 86.3 cm³/mol. The summed E-state index contributed by atoms with van der Waals surface area (Å²) in [4.78, 5) is 39.3. The van der Waals surface area contributed by atoms with E-state index in [1.165, 1.54) is 17.2 Å². The van der Waals surface area contributed by atoms with E-state index in [4.69, 9.17) is 9.47 Å². The van der Waals surface area contributed by atoms with Gasteiger partial charge in [-0.2, -0.15) is 4.31 Å². The summed E-state index contributed by atoms with van der Waals surface area (Å²) in [5.41, 5.74) is -0.0491. The smallest absolute Gasteiger partial charge is 0.358 e. The number of hydrogen-bond acceptors (Lipinski definition) is 10. The number of fused-ring (bicyclic) bond motifs is 13. The zero-order valence-corrected chi connectivity index (χ0v) is 15.5. The fraction of sp³-hybridized carbons (Fsp3) is 0.545. The maximum atomic E-state index is 12.3. The predicted octanol–water partition coefficient (Wildman–Crippen LogP) is -0.195. The molecule has 0 fully saturated rings. The van der Waals surface area contributed by atoms with Crippen molar-refractivity contribution in [2.24, 2.45) is 0 Å². The molecule has 2 N–H and O–H groups in total. The lowest BCUT2D eigenvalue weighted by atomic mass is 10.5. The number of rotatable bonds is 0. The van der Waals surface area contributed by atoms with E-state index >= 15 is 0 Å². The van der Waals surface area contributed by atoms with Crippen LogP contribution in [0.4, 0.5) is 0 Å². The normalized spacial score (nSPS) is 29.0. The third kappa shape index (κ3) is 5.29. The Morgan fingerprint density at radius 3 is 2.07 bits per heavy atom. The lowest BCUT2D eigenvalue weighted by Crippen LogP contribution is -2.23. The molecule has 0 spiro atoms. The van der Waals surface area contributed by atoms with Crippen molar-refractivity contribution in [2.75, 3.05) is 26.4 Å². The first kappa shape index (κ1) is 20.3. The van der Waals surface area contributed by atoms with Crippen LogP contribution in [0, 0.1) is 0 Å². The molecule has 14 nitrogen and oxygen atoms in total. The fourth-order valence-electron chi connectivity index (χ4n) is 2.09. The van der Waals surface area contributed by atoms with Crippen LogP contribution in [0.1, 0.15) is 0 Å². The summed E-state index contributed by atoms with van der Waals surface area (Å²) in [5, 5.41) is 0. The third-order valence-electron chi connectivity index (χ3n) is 3.22. The second-order valence-electron chi connectivity index (χ2n) is 5.17. The van der Waals surface area contributed by atoms with Crippen LogP contribution in [0.15, 0.2) is 17.4 Å². The summed E-state index contributed by atoms with van der Waals surface area (Å²) in [6, 6.07) is 0. The van der Waals surface area contributed by atoms with Crippen LogP contribution in [0.3, 0.4) is 0 Å². The van der Waals surface area contributed by atoms with E-state index in [1.54, 1.807) is 0 Å². The maximum Gasteiger partial charge on any atom is 0.481 e. The molecular weight excluding hydrogens is 410 g/mol. The molecule has 0 aliphatic carbocycles. The van der Waals surface area contributed by atoms with Gasteiger partial charge in [0.15, 0.2) is 11.2 Å². The summed E-state index contributed by atoms with van der Waals surface area (Å²) in [6.07, 6.45) is 2.62. The standard InChI is InChI=1S/C11H16N4O10P2/c16-11-9-10-13-6-15(11)8-22-2-4-24-27(19,20)25-26(17,18)23-3-1-21-7-14(10)5-12-9/h5-6H,1-4,7-8H2,(H,17,18)(H,19,20). The number of hydrogen-bond donors (Lipinski definition) is 2. The molecule has 2 aromatic heterocycles. The van der Waals surface area contributed by atoms with Crippen LogP contribution in [0.2, 0.25) is 0 Å². The van der Waals surface area contributed by atoms with Crippen LogP contribution >= 0.6 is 15.6 Å². The van der Waals surface area contributed by atoms with Gasteiger partial charge < -0.3 is 19.3 Å². The lowest BCUT2D eigenvalue weighted by Gasteiger charge is -2.16. The monoisotopic (exact) mass is 426 g/mol. The molecule has 4 heterocycles. The fourth-order valence-corrected chi connectivity index (χ4v) is 4.12. The van der Waals surface area contributed by atoms with E-state index in [0.29, 0.717) is 5.65 Å². The van der Waals surface area contributed by atoms with E-state index in [2.05, 4.69) is 23.3 Å². The molecule has 2 atom stereocenters. The van der Waals surface area contributed by atoms with Gasteiger partial charge in [0.2, 0.25) is 0 Å². The van der Waals surface area contributed by atoms with E-state index in [0.717, 1.165) is 4.57 Å². The Hall–Kier alpha value is -1.47. The minimum absolute atomic E-state index is 0.0645. The summed E-state index contributed by atoms with van der Waals surface area (Å²) >= 11 is 0. The molecule has 0 saturated carbocycles. The van der Waals surface area contributed by atoms with Gasteiger partial charge in [-0.25, -0.2) is 19.1 Å². The van der Waals surface area contributed by atoms with Crippen LogP contribution in [-0.4, -0.2) is 55.3 Å². The molecule has 0 radical (unpaired) electrons. The Labute approximate surface area is 151 Å². The van der Waals surface area contributed by atoms with Gasteiger partial charge in [-0.3, -0.25) is 23.0 Å². The average Bonchev–Trinajstić information content (AvgIpc) is 2.98. The first-order valence-corrected chi connectivity index (χ1v) is 10.5. The van der Waals surface area contributed by atoms with E-state index in [-0.39, 0.29) is 32.2 Å². The molecular formula is C11H16N4O10P2. The summed E-state index contributed by atoms with van der Waals surface area (Å²) < 4.78 is 49.4. The van der Waals surface area contributed by atoms with Crippen LogP contribution in [0.5, 0.6) is 0 Å². The second kappa shape index (κ2) is 8.27. The molecule has 27 heavy (non-hydrogen) atoms. The van der Waals surface area contributed by atoms with Gasteiger partial charge in [0.05, 0.1) is 32.8 Å². The topological polar surface area (TPSA) is 173 Å². The third-order valence-corrected chi connectivity index (χ3v) is 5.89. The largest absolute Gasteiger partial charge is 0.481 e. The number of imidazole rings is 1. The first-order chi connectivity index (χ1) is 12.8. The molecule has 2 aliphatic rings. The lowest BCUT2D eigenvalue weighted by molar-refractivity contribution is 0.0372. The number of ether oxygens (including phenoxy) is 2. The van der Waals surface area contributed by atoms with Gasteiger partial charge >= 0.3 is 15.6 Å². The Bertz CT molecular complexity index is 958. The number of aromatic nitrogens is 4. The van der Waals surface area contributed by atoms with Crippen molar-refractivity contribution in [3.63, 3.8) is 0 Å².